The minimum absolute atomic E-state index is 0.111. The van der Waals surface area contributed by atoms with E-state index in [1.54, 1.807) is 0 Å². The molecule has 1 aromatic carbocycles. The second kappa shape index (κ2) is 6.09. The van der Waals surface area contributed by atoms with Crippen molar-refractivity contribution in [2.45, 2.75) is 6.18 Å². The lowest BCUT2D eigenvalue weighted by Crippen LogP contribution is -2.40. The van der Waals surface area contributed by atoms with Gasteiger partial charge >= 0.3 is 6.18 Å². The van der Waals surface area contributed by atoms with Crippen molar-refractivity contribution in [2.75, 3.05) is 6.61 Å². The molecule has 0 spiro atoms. The summed E-state index contributed by atoms with van der Waals surface area (Å²) in [4.78, 5) is 0. The van der Waals surface area contributed by atoms with E-state index in [0.29, 0.717) is 0 Å². The van der Waals surface area contributed by atoms with Crippen LogP contribution in [0.1, 0.15) is 0 Å². The Morgan fingerprint density at radius 2 is 2.11 bits per heavy atom. The first-order chi connectivity index (χ1) is 8.75. The number of nitrogens with zero attached hydrogens (tertiary/aromatic N) is 1. The van der Waals surface area contributed by atoms with Crippen molar-refractivity contribution in [3.63, 3.8) is 0 Å². The minimum Gasteiger partial charge on any atom is -0.491 e. The molecule has 0 aliphatic heterocycles. The Kier molecular flexibility index (Phi) is 4.98. The fraction of sp³-hybridized carbons (Fsp3) is 0.300. The molecule has 0 aliphatic rings. The third-order valence-electron chi connectivity index (χ3n) is 2.17. The van der Waals surface area contributed by atoms with Crippen molar-refractivity contribution < 1.29 is 27.5 Å². The monoisotopic (exact) mass is 344 g/mol. The van der Waals surface area contributed by atoms with Gasteiger partial charge in [-0.3, -0.25) is 0 Å². The van der Waals surface area contributed by atoms with Crippen molar-refractivity contribution in [3.8, 4) is 5.75 Å². The van der Waals surface area contributed by atoms with E-state index >= 15 is 0 Å². The van der Waals surface area contributed by atoms with Gasteiger partial charge in [0, 0.05) is 6.07 Å². The quantitative estimate of drug-likeness (QED) is 0.290. The van der Waals surface area contributed by atoms with Gasteiger partial charge in [-0.1, -0.05) is 5.16 Å². The molecule has 106 valence electrons. The van der Waals surface area contributed by atoms with Gasteiger partial charge in [0.25, 0.3) is 0 Å². The lowest BCUT2D eigenvalue weighted by atomic mass is 10.1. The smallest absolute Gasteiger partial charge is 0.402 e. The van der Waals surface area contributed by atoms with Crippen molar-refractivity contribution in [1.82, 2.24) is 0 Å². The van der Waals surface area contributed by atoms with E-state index in [2.05, 4.69) is 21.1 Å². The summed E-state index contributed by atoms with van der Waals surface area (Å²) >= 11 is 3.00. The molecule has 4 nitrogen and oxygen atoms in total. The zero-order chi connectivity index (χ0) is 14.6. The predicted octanol–water partition coefficient (Wildman–Crippen LogP) is 2.89. The van der Waals surface area contributed by atoms with Crippen LogP contribution in [-0.2, 0) is 0 Å². The third-order valence-corrected chi connectivity index (χ3v) is 2.82. The van der Waals surface area contributed by atoms with Gasteiger partial charge < -0.3 is 15.7 Å². The lowest BCUT2D eigenvalue weighted by molar-refractivity contribution is -0.162. The molecular weight excluding hydrogens is 336 g/mol. The van der Waals surface area contributed by atoms with Crippen LogP contribution in [0.4, 0.5) is 17.6 Å². The van der Waals surface area contributed by atoms with Gasteiger partial charge in [0.15, 0.2) is 5.84 Å². The number of hydrogen-bond donors (Lipinski definition) is 2. The van der Waals surface area contributed by atoms with Gasteiger partial charge in [-0.05, 0) is 28.1 Å². The molecule has 1 atom stereocenters. The summed E-state index contributed by atoms with van der Waals surface area (Å²) in [5, 5.41) is 10.6. The second-order valence-corrected chi connectivity index (χ2v) is 4.36. The Balaban J connectivity index is 2.85. The van der Waals surface area contributed by atoms with E-state index in [4.69, 9.17) is 15.7 Å². The van der Waals surface area contributed by atoms with Crippen LogP contribution in [-0.4, -0.2) is 23.8 Å². The molecular formula is C10H9BrF4N2O2. The zero-order valence-corrected chi connectivity index (χ0v) is 10.9. The second-order valence-electron chi connectivity index (χ2n) is 3.50. The number of nitrogens with two attached hydrogens (primary N) is 1. The maximum Gasteiger partial charge on any atom is 0.402 e. The third kappa shape index (κ3) is 4.27. The van der Waals surface area contributed by atoms with Crippen molar-refractivity contribution in [1.29, 1.82) is 0 Å². The summed E-state index contributed by atoms with van der Waals surface area (Å²) in [6.07, 6.45) is -4.74. The number of amidine groups is 1. The SMILES string of the molecule is N/C(=N/O)C(COc1cc(F)ccc1Br)C(F)(F)F. The molecule has 0 amide bonds. The average Bonchev–Trinajstić information content (AvgIpc) is 2.31. The minimum atomic E-state index is -4.74. The molecule has 0 bridgehead atoms. The largest absolute Gasteiger partial charge is 0.491 e. The number of rotatable bonds is 4. The Hall–Kier alpha value is -1.51. The molecule has 3 N–H and O–H groups in total. The summed E-state index contributed by atoms with van der Waals surface area (Å²) in [5.41, 5.74) is 4.95. The van der Waals surface area contributed by atoms with Crippen LogP contribution in [0.2, 0.25) is 0 Å². The highest BCUT2D eigenvalue weighted by Gasteiger charge is 2.43. The van der Waals surface area contributed by atoms with Gasteiger partial charge in [0.2, 0.25) is 0 Å². The van der Waals surface area contributed by atoms with Gasteiger partial charge in [-0.15, -0.1) is 0 Å². The van der Waals surface area contributed by atoms with E-state index < -0.39 is 30.4 Å². The highest BCUT2D eigenvalue weighted by atomic mass is 79.9. The van der Waals surface area contributed by atoms with Crippen LogP contribution >= 0.6 is 15.9 Å². The zero-order valence-electron chi connectivity index (χ0n) is 9.29. The maximum atomic E-state index is 12.9. The molecule has 1 rings (SSSR count). The number of oxime groups is 1. The molecule has 0 saturated carbocycles. The summed E-state index contributed by atoms with van der Waals surface area (Å²) in [7, 11) is 0. The lowest BCUT2D eigenvalue weighted by Gasteiger charge is -2.19. The predicted molar refractivity (Wildman–Crippen MR) is 62.5 cm³/mol. The number of halogens is 5. The molecule has 1 unspecified atom stereocenters. The number of hydrogen-bond acceptors (Lipinski definition) is 3. The van der Waals surface area contributed by atoms with Crippen molar-refractivity contribution in [3.05, 3.63) is 28.5 Å². The first kappa shape index (κ1) is 15.5. The summed E-state index contributed by atoms with van der Waals surface area (Å²) in [6.45, 7) is -0.929. The Labute approximate surface area is 114 Å². The normalized spacial score (nSPS) is 14.3. The molecule has 0 aliphatic carbocycles. The number of benzene rings is 1. The van der Waals surface area contributed by atoms with E-state index in [1.165, 1.54) is 6.07 Å². The van der Waals surface area contributed by atoms with E-state index in [1.807, 2.05) is 0 Å². The topological polar surface area (TPSA) is 67.8 Å². The molecule has 0 fully saturated rings. The van der Waals surface area contributed by atoms with Crippen molar-refractivity contribution in [2.24, 2.45) is 16.8 Å². The molecule has 9 heteroatoms. The van der Waals surface area contributed by atoms with Crippen LogP contribution in [0.25, 0.3) is 0 Å². The Bertz CT molecular complexity index is 479. The van der Waals surface area contributed by atoms with Gasteiger partial charge in [0.05, 0.1) is 4.47 Å². The van der Waals surface area contributed by atoms with Gasteiger partial charge in [-0.25, -0.2) is 4.39 Å². The first-order valence-electron chi connectivity index (χ1n) is 4.87. The number of ether oxygens (including phenoxy) is 1. The fourth-order valence-corrected chi connectivity index (χ4v) is 1.54. The maximum absolute atomic E-state index is 12.9. The molecule has 19 heavy (non-hydrogen) atoms. The van der Waals surface area contributed by atoms with Crippen LogP contribution in [0.3, 0.4) is 0 Å². The van der Waals surface area contributed by atoms with Crippen molar-refractivity contribution >= 4 is 21.8 Å². The first-order valence-corrected chi connectivity index (χ1v) is 5.67. The Morgan fingerprint density at radius 1 is 1.47 bits per heavy atom. The Morgan fingerprint density at radius 3 is 2.63 bits per heavy atom. The molecule has 0 aromatic heterocycles. The molecule has 1 aromatic rings. The number of alkyl halides is 3. The standard InChI is InChI=1S/C10H9BrF4N2O2/c11-7-2-1-5(12)3-8(7)19-4-6(9(16)17-18)10(13,14)15/h1-3,6,18H,4H2,(H2,16,17). The summed E-state index contributed by atoms with van der Waals surface area (Å²) < 4.78 is 55.9. The van der Waals surface area contributed by atoms with E-state index in [-0.39, 0.29) is 10.2 Å². The van der Waals surface area contributed by atoms with Gasteiger partial charge in [0.1, 0.15) is 24.1 Å². The van der Waals surface area contributed by atoms with Crippen LogP contribution in [0.15, 0.2) is 27.8 Å². The fourth-order valence-electron chi connectivity index (χ4n) is 1.18. The average molecular weight is 345 g/mol. The van der Waals surface area contributed by atoms with Crippen LogP contribution < -0.4 is 10.5 Å². The van der Waals surface area contributed by atoms with E-state index in [9.17, 15) is 17.6 Å². The van der Waals surface area contributed by atoms with E-state index in [0.717, 1.165) is 12.1 Å². The summed E-state index contributed by atoms with van der Waals surface area (Å²) in [6, 6.07) is 3.32. The highest BCUT2D eigenvalue weighted by Crippen LogP contribution is 2.30. The van der Waals surface area contributed by atoms with Crippen LogP contribution in [0, 0.1) is 11.7 Å². The van der Waals surface area contributed by atoms with Crippen LogP contribution in [0.5, 0.6) is 5.75 Å². The molecule has 0 heterocycles. The van der Waals surface area contributed by atoms with Gasteiger partial charge in [-0.2, -0.15) is 13.2 Å². The summed E-state index contributed by atoms with van der Waals surface area (Å²) in [5.74, 6) is -4.08. The molecule has 0 radical (unpaired) electrons. The molecule has 0 saturated heterocycles. The highest BCUT2D eigenvalue weighted by molar-refractivity contribution is 9.10.